The summed E-state index contributed by atoms with van der Waals surface area (Å²) in [7, 11) is 0. The predicted molar refractivity (Wildman–Crippen MR) is 91.2 cm³/mol. The van der Waals surface area contributed by atoms with Gasteiger partial charge in [-0.1, -0.05) is 6.07 Å². The van der Waals surface area contributed by atoms with Crippen LogP contribution in [0.5, 0.6) is 0 Å². The summed E-state index contributed by atoms with van der Waals surface area (Å²) in [6.45, 7) is 4.04. The Bertz CT molecular complexity index is 914. The smallest absolute Gasteiger partial charge is 0.251 e. The van der Waals surface area contributed by atoms with E-state index >= 15 is 0 Å². The van der Waals surface area contributed by atoms with Gasteiger partial charge in [0.2, 0.25) is 0 Å². The molecule has 0 aliphatic carbocycles. The highest BCUT2D eigenvalue weighted by atomic mass is 32.1. The second-order valence-electron chi connectivity index (χ2n) is 5.63. The van der Waals surface area contributed by atoms with Crippen molar-refractivity contribution in [1.82, 2.24) is 4.57 Å². The third-order valence-corrected chi connectivity index (χ3v) is 4.85. The fourth-order valence-electron chi connectivity index (χ4n) is 3.00. The number of primary amides is 1. The van der Waals surface area contributed by atoms with Gasteiger partial charge in [-0.05, 0) is 53.9 Å². The minimum Gasteiger partial charge on any atom is -0.366 e. The van der Waals surface area contributed by atoms with Gasteiger partial charge in [-0.2, -0.15) is 11.3 Å². The van der Waals surface area contributed by atoms with E-state index in [1.54, 1.807) is 0 Å². The zero-order chi connectivity index (χ0) is 17.4. The molecule has 2 aromatic heterocycles. The van der Waals surface area contributed by atoms with Crippen molar-refractivity contribution in [2.75, 3.05) is 0 Å². The number of aromatic nitrogens is 1. The molecule has 3 aromatic rings. The molecule has 2 N–H and O–H groups in total. The van der Waals surface area contributed by atoms with Gasteiger partial charge in [0.15, 0.2) is 11.6 Å². The van der Waals surface area contributed by atoms with Gasteiger partial charge in [-0.3, -0.25) is 4.79 Å². The highest BCUT2D eigenvalue weighted by Gasteiger charge is 2.23. The summed E-state index contributed by atoms with van der Waals surface area (Å²) >= 11 is 1.53. The molecule has 0 atom stereocenters. The van der Waals surface area contributed by atoms with Crippen LogP contribution in [0.3, 0.4) is 0 Å². The van der Waals surface area contributed by atoms with Crippen LogP contribution in [0.2, 0.25) is 0 Å². The molecule has 124 valence electrons. The molecule has 0 saturated heterocycles. The van der Waals surface area contributed by atoms with E-state index in [2.05, 4.69) is 0 Å². The zero-order valence-corrected chi connectivity index (χ0v) is 14.1. The molecule has 3 nitrogen and oxygen atoms in total. The molecule has 0 aliphatic rings. The molecule has 0 fully saturated rings. The van der Waals surface area contributed by atoms with Gasteiger partial charge in [0.25, 0.3) is 5.91 Å². The van der Waals surface area contributed by atoms with E-state index in [0.717, 1.165) is 22.9 Å². The number of rotatable bonds is 4. The summed E-state index contributed by atoms with van der Waals surface area (Å²) in [6, 6.07) is 5.74. The minimum absolute atomic E-state index is 0.333. The van der Waals surface area contributed by atoms with Crippen molar-refractivity contribution in [3.05, 3.63) is 69.2 Å². The molecule has 1 aromatic carbocycles. The average Bonchev–Trinajstić information content (AvgIpc) is 3.12. The molecular formula is C18H16F2N2OS. The number of amides is 1. The van der Waals surface area contributed by atoms with Crippen molar-refractivity contribution in [1.29, 1.82) is 0 Å². The van der Waals surface area contributed by atoms with Crippen LogP contribution in [0, 0.1) is 25.5 Å². The highest BCUT2D eigenvalue weighted by molar-refractivity contribution is 7.08. The highest BCUT2D eigenvalue weighted by Crippen LogP contribution is 2.34. The lowest BCUT2D eigenvalue weighted by molar-refractivity contribution is 0.1000. The zero-order valence-electron chi connectivity index (χ0n) is 13.3. The van der Waals surface area contributed by atoms with Crippen LogP contribution < -0.4 is 5.73 Å². The molecule has 6 heteroatoms. The third kappa shape index (κ3) is 2.73. The second kappa shape index (κ2) is 6.20. The number of halogens is 2. The lowest BCUT2D eigenvalue weighted by atomic mass is 10.0. The van der Waals surface area contributed by atoms with E-state index in [1.807, 2.05) is 35.2 Å². The van der Waals surface area contributed by atoms with Crippen molar-refractivity contribution in [2.24, 2.45) is 5.73 Å². The number of hydrogen-bond acceptors (Lipinski definition) is 2. The molecule has 24 heavy (non-hydrogen) atoms. The second-order valence-corrected chi connectivity index (χ2v) is 6.41. The Morgan fingerprint density at radius 2 is 1.92 bits per heavy atom. The summed E-state index contributed by atoms with van der Waals surface area (Å²) in [5.74, 6) is -2.26. The van der Waals surface area contributed by atoms with Gasteiger partial charge in [0.1, 0.15) is 0 Å². The molecule has 2 heterocycles. The lowest BCUT2D eigenvalue weighted by Gasteiger charge is -2.10. The summed E-state index contributed by atoms with van der Waals surface area (Å²) < 4.78 is 28.5. The van der Waals surface area contributed by atoms with Crippen LogP contribution in [0.15, 0.2) is 35.0 Å². The van der Waals surface area contributed by atoms with Gasteiger partial charge in [-0.15, -0.1) is 0 Å². The summed E-state index contributed by atoms with van der Waals surface area (Å²) in [6.07, 6.45) is 0. The predicted octanol–water partition coefficient (Wildman–Crippen LogP) is 4.26. The Morgan fingerprint density at radius 1 is 1.17 bits per heavy atom. The maximum absolute atomic E-state index is 13.5. The van der Waals surface area contributed by atoms with Gasteiger partial charge < -0.3 is 10.3 Å². The fourth-order valence-corrected chi connectivity index (χ4v) is 3.65. The van der Waals surface area contributed by atoms with Crippen LogP contribution in [0.25, 0.3) is 11.1 Å². The molecule has 0 saturated carbocycles. The van der Waals surface area contributed by atoms with E-state index in [0.29, 0.717) is 23.4 Å². The Labute approximate surface area is 142 Å². The Morgan fingerprint density at radius 3 is 2.50 bits per heavy atom. The van der Waals surface area contributed by atoms with Crippen molar-refractivity contribution in [3.8, 4) is 11.1 Å². The van der Waals surface area contributed by atoms with Gasteiger partial charge in [0, 0.05) is 23.5 Å². The Kier molecular flexibility index (Phi) is 4.24. The number of benzene rings is 1. The van der Waals surface area contributed by atoms with Crippen LogP contribution in [0.1, 0.15) is 27.3 Å². The Hall–Kier alpha value is -2.47. The first-order valence-corrected chi connectivity index (χ1v) is 8.30. The van der Waals surface area contributed by atoms with Crippen LogP contribution in [0.4, 0.5) is 8.78 Å². The SMILES string of the molecule is Cc1c(C(N)=O)c(-c2ccsc2)c(C)n1Cc1ccc(F)c(F)c1. The van der Waals surface area contributed by atoms with E-state index in [-0.39, 0.29) is 0 Å². The van der Waals surface area contributed by atoms with Gasteiger partial charge in [0.05, 0.1) is 5.56 Å². The molecular weight excluding hydrogens is 330 g/mol. The lowest BCUT2D eigenvalue weighted by Crippen LogP contribution is -2.13. The van der Waals surface area contributed by atoms with E-state index in [1.165, 1.54) is 23.5 Å². The van der Waals surface area contributed by atoms with Gasteiger partial charge in [-0.25, -0.2) is 8.78 Å². The molecule has 0 aliphatic heterocycles. The number of hydrogen-bond donors (Lipinski definition) is 1. The number of thiophene rings is 1. The average molecular weight is 346 g/mol. The standard InChI is InChI=1S/C18H16F2N2OS/c1-10-16(13-5-6-24-9-13)17(18(21)23)11(2)22(10)8-12-3-4-14(19)15(20)7-12/h3-7,9H,8H2,1-2H3,(H2,21,23). The maximum Gasteiger partial charge on any atom is 0.251 e. The first kappa shape index (κ1) is 16.4. The van der Waals surface area contributed by atoms with Crippen LogP contribution >= 0.6 is 11.3 Å². The Balaban J connectivity index is 2.13. The van der Waals surface area contributed by atoms with E-state index in [4.69, 9.17) is 5.73 Å². The number of carbonyl (C=O) groups is 1. The first-order chi connectivity index (χ1) is 11.4. The van der Waals surface area contributed by atoms with Gasteiger partial charge >= 0.3 is 0 Å². The summed E-state index contributed by atoms with van der Waals surface area (Å²) in [4.78, 5) is 12.0. The first-order valence-electron chi connectivity index (χ1n) is 7.36. The normalized spacial score (nSPS) is 11.0. The number of nitrogens with zero attached hydrogens (tertiary/aromatic N) is 1. The van der Waals surface area contributed by atoms with E-state index < -0.39 is 17.5 Å². The quantitative estimate of drug-likeness (QED) is 0.754. The van der Waals surface area contributed by atoms with Crippen molar-refractivity contribution in [3.63, 3.8) is 0 Å². The van der Waals surface area contributed by atoms with Crippen molar-refractivity contribution >= 4 is 17.2 Å². The topological polar surface area (TPSA) is 48.0 Å². The summed E-state index contributed by atoms with van der Waals surface area (Å²) in [5, 5.41) is 3.89. The molecule has 0 spiro atoms. The van der Waals surface area contributed by atoms with E-state index in [9.17, 15) is 13.6 Å². The molecule has 3 rings (SSSR count). The molecule has 0 radical (unpaired) electrons. The van der Waals surface area contributed by atoms with Crippen LogP contribution in [-0.4, -0.2) is 10.5 Å². The van der Waals surface area contributed by atoms with Crippen molar-refractivity contribution < 1.29 is 13.6 Å². The third-order valence-electron chi connectivity index (χ3n) is 4.16. The number of nitrogens with two attached hydrogens (primary N) is 1. The molecule has 0 unspecified atom stereocenters. The molecule has 0 bridgehead atoms. The fraction of sp³-hybridized carbons (Fsp3) is 0.167. The van der Waals surface area contributed by atoms with Crippen LogP contribution in [-0.2, 0) is 6.54 Å². The number of carbonyl (C=O) groups excluding carboxylic acids is 1. The maximum atomic E-state index is 13.5. The molecule has 1 amide bonds. The summed E-state index contributed by atoms with van der Waals surface area (Å²) in [5.41, 5.74) is 9.97. The minimum atomic E-state index is -0.886. The monoisotopic (exact) mass is 346 g/mol. The van der Waals surface area contributed by atoms with Crippen molar-refractivity contribution in [2.45, 2.75) is 20.4 Å². The largest absolute Gasteiger partial charge is 0.366 e.